The summed E-state index contributed by atoms with van der Waals surface area (Å²) in [6.07, 6.45) is 4.00. The number of unbranched alkanes of at least 4 members (excludes halogenated alkanes) is 3. The van der Waals surface area contributed by atoms with Gasteiger partial charge in [-0.3, -0.25) is 19.4 Å². The van der Waals surface area contributed by atoms with Crippen LogP contribution in [0, 0.1) is 7.14 Å². The first-order valence-corrected chi connectivity index (χ1v) is 17.6. The number of halogens is 2. The van der Waals surface area contributed by atoms with E-state index >= 15 is 0 Å². The zero-order valence-electron chi connectivity index (χ0n) is 25.9. The van der Waals surface area contributed by atoms with Crippen LogP contribution in [0.15, 0.2) is 97.1 Å². The highest BCUT2D eigenvalue weighted by atomic mass is 127. The molecule has 0 radical (unpaired) electrons. The molecule has 4 aromatic rings. The number of benzene rings is 4. The van der Waals surface area contributed by atoms with Crippen LogP contribution in [0.2, 0.25) is 0 Å². The molecule has 8 nitrogen and oxygen atoms in total. The maximum atomic E-state index is 12.9. The molecule has 0 aromatic heterocycles. The molecule has 0 bridgehead atoms. The fraction of sp³-hybridized carbons (Fsp3) is 0.278. The van der Waals surface area contributed by atoms with E-state index in [1.54, 1.807) is 0 Å². The zero-order chi connectivity index (χ0) is 32.7. The van der Waals surface area contributed by atoms with Gasteiger partial charge in [0, 0.05) is 43.0 Å². The largest absolute Gasteiger partial charge is 0.399 e. The Bertz CT molecular complexity index is 1400. The number of carbonyl (C=O) groups is 2. The van der Waals surface area contributed by atoms with Crippen molar-refractivity contribution < 1.29 is 9.59 Å². The molecule has 0 saturated carbocycles. The lowest BCUT2D eigenvalue weighted by Gasteiger charge is -2.23. The molecule has 0 fully saturated rings. The molecule has 4 rings (SSSR count). The normalized spacial score (nSPS) is 11.1. The van der Waals surface area contributed by atoms with Gasteiger partial charge in [-0.25, -0.2) is 0 Å². The quantitative estimate of drug-likeness (QED) is 0.0508. The Labute approximate surface area is 299 Å². The molecule has 6 N–H and O–H groups in total. The topological polar surface area (TPSA) is 117 Å². The van der Waals surface area contributed by atoms with Gasteiger partial charge < -0.3 is 22.1 Å². The van der Waals surface area contributed by atoms with Crippen molar-refractivity contribution in [2.24, 2.45) is 0 Å². The number of nitrogens with one attached hydrogen (secondary N) is 2. The van der Waals surface area contributed by atoms with Crippen molar-refractivity contribution in [2.75, 3.05) is 48.3 Å². The van der Waals surface area contributed by atoms with Gasteiger partial charge in [0.2, 0.25) is 11.8 Å². The molecule has 242 valence electrons. The first kappa shape index (κ1) is 35.7. The number of carbonyl (C=O) groups excluding carboxylic acids is 2. The number of rotatable bonds is 17. The van der Waals surface area contributed by atoms with Crippen LogP contribution in [-0.4, -0.2) is 47.8 Å². The van der Waals surface area contributed by atoms with E-state index in [9.17, 15) is 9.59 Å². The summed E-state index contributed by atoms with van der Waals surface area (Å²) in [5.41, 5.74) is 17.1. The minimum atomic E-state index is -0.0292. The van der Waals surface area contributed by atoms with Gasteiger partial charge in [-0.1, -0.05) is 37.1 Å². The van der Waals surface area contributed by atoms with Crippen molar-refractivity contribution in [3.63, 3.8) is 0 Å². The predicted octanol–water partition coefficient (Wildman–Crippen LogP) is 7.20. The maximum Gasteiger partial charge on any atom is 0.238 e. The molecular weight excluding hydrogens is 802 g/mol. The van der Waals surface area contributed by atoms with E-state index in [1.165, 1.54) is 0 Å². The second-order valence-electron chi connectivity index (χ2n) is 11.4. The van der Waals surface area contributed by atoms with Crippen LogP contribution >= 0.6 is 45.2 Å². The minimum Gasteiger partial charge on any atom is -0.399 e. The van der Waals surface area contributed by atoms with Gasteiger partial charge in [0.15, 0.2) is 0 Å². The van der Waals surface area contributed by atoms with Crippen LogP contribution in [0.4, 0.5) is 22.7 Å². The number of nitrogens with two attached hydrogens (primary N) is 2. The lowest BCUT2D eigenvalue weighted by molar-refractivity contribution is -0.118. The summed E-state index contributed by atoms with van der Waals surface area (Å²) in [5, 5.41) is 6.05. The second kappa shape index (κ2) is 18.8. The fourth-order valence-corrected chi connectivity index (χ4v) is 5.81. The summed E-state index contributed by atoms with van der Waals surface area (Å²) in [6, 6.07) is 31.3. The molecule has 0 aliphatic heterocycles. The third kappa shape index (κ3) is 13.3. The Kier molecular flexibility index (Phi) is 14.6. The van der Waals surface area contributed by atoms with Crippen LogP contribution in [0.1, 0.15) is 36.8 Å². The highest BCUT2D eigenvalue weighted by Crippen LogP contribution is 2.15. The predicted molar refractivity (Wildman–Crippen MR) is 206 cm³/mol. The molecule has 0 heterocycles. The Morgan fingerprint density at radius 3 is 1.22 bits per heavy atom. The third-order valence-corrected chi connectivity index (χ3v) is 8.90. The Hall–Kier alpha value is -3.20. The molecule has 0 atom stereocenters. The second-order valence-corrected chi connectivity index (χ2v) is 13.9. The van der Waals surface area contributed by atoms with Gasteiger partial charge in [-0.2, -0.15) is 0 Å². The van der Waals surface area contributed by atoms with E-state index in [0.717, 1.165) is 79.8 Å². The molecule has 4 aromatic carbocycles. The molecule has 10 heteroatoms. The Morgan fingerprint density at radius 2 is 0.870 bits per heavy atom. The molecule has 0 spiro atoms. The Balaban J connectivity index is 1.27. The fourth-order valence-electron chi connectivity index (χ4n) is 5.09. The molecular formula is C36H42I2N6O2. The highest BCUT2D eigenvalue weighted by Gasteiger charge is 2.14. The van der Waals surface area contributed by atoms with E-state index in [1.807, 2.05) is 97.1 Å². The first-order chi connectivity index (χ1) is 22.2. The summed E-state index contributed by atoms with van der Waals surface area (Å²) in [6.45, 7) is 3.57. The lowest BCUT2D eigenvalue weighted by Crippen LogP contribution is -2.34. The average molecular weight is 845 g/mol. The van der Waals surface area contributed by atoms with E-state index in [2.05, 4.69) is 65.6 Å². The number of hydrogen-bond acceptors (Lipinski definition) is 6. The van der Waals surface area contributed by atoms with Crippen molar-refractivity contribution in [1.82, 2.24) is 9.80 Å². The van der Waals surface area contributed by atoms with Gasteiger partial charge in [0.1, 0.15) is 0 Å². The summed E-state index contributed by atoms with van der Waals surface area (Å²) in [4.78, 5) is 30.2. The van der Waals surface area contributed by atoms with E-state index in [4.69, 9.17) is 11.5 Å². The van der Waals surface area contributed by atoms with Gasteiger partial charge in [0.25, 0.3) is 0 Å². The van der Waals surface area contributed by atoms with Crippen molar-refractivity contribution in [2.45, 2.75) is 38.8 Å². The maximum absolute atomic E-state index is 12.9. The molecule has 0 saturated heterocycles. The number of nitrogens with zero attached hydrogens (tertiary/aromatic N) is 2. The van der Waals surface area contributed by atoms with Gasteiger partial charge >= 0.3 is 0 Å². The highest BCUT2D eigenvalue weighted by molar-refractivity contribution is 14.1. The van der Waals surface area contributed by atoms with E-state index in [0.29, 0.717) is 26.2 Å². The zero-order valence-corrected chi connectivity index (χ0v) is 30.2. The molecule has 46 heavy (non-hydrogen) atoms. The van der Waals surface area contributed by atoms with Gasteiger partial charge in [0.05, 0.1) is 13.1 Å². The van der Waals surface area contributed by atoms with Crippen LogP contribution < -0.4 is 22.1 Å². The van der Waals surface area contributed by atoms with Crippen LogP contribution in [0.3, 0.4) is 0 Å². The average Bonchev–Trinajstić information content (AvgIpc) is 3.03. The smallest absolute Gasteiger partial charge is 0.238 e. The SMILES string of the molecule is Nc1ccc(CN(CCCCCCN(CC(=O)Nc2ccc(I)cc2)Cc2ccc(N)cc2)CC(=O)Nc2ccc(I)cc2)cc1. The standard InChI is InChI=1S/C36H42I2N6O2/c37-29-9-17-33(18-10-29)41-35(45)25-43(23-27-5-13-31(39)14-6-27)21-3-1-2-4-22-44(24-28-7-15-32(40)16-8-28)26-36(46)42-34-19-11-30(38)12-20-34/h5-20H,1-4,21-26,39-40H2,(H,41,45)(H,42,46). The number of amides is 2. The molecule has 0 aliphatic carbocycles. The first-order valence-electron chi connectivity index (χ1n) is 15.5. The Morgan fingerprint density at radius 1 is 0.522 bits per heavy atom. The van der Waals surface area contributed by atoms with Gasteiger partial charge in [-0.15, -0.1) is 0 Å². The van der Waals surface area contributed by atoms with Crippen molar-refractivity contribution in [3.05, 3.63) is 115 Å². The van der Waals surface area contributed by atoms with Crippen molar-refractivity contribution in [3.8, 4) is 0 Å². The molecule has 0 unspecified atom stereocenters. The minimum absolute atomic E-state index is 0.0292. The summed E-state index contributed by atoms with van der Waals surface area (Å²) in [5.74, 6) is -0.0584. The number of nitrogen functional groups attached to an aromatic ring is 2. The summed E-state index contributed by atoms with van der Waals surface area (Å²) < 4.78 is 2.25. The van der Waals surface area contributed by atoms with Crippen LogP contribution in [0.5, 0.6) is 0 Å². The van der Waals surface area contributed by atoms with Crippen LogP contribution in [-0.2, 0) is 22.7 Å². The monoisotopic (exact) mass is 844 g/mol. The van der Waals surface area contributed by atoms with Gasteiger partial charge in [-0.05, 0) is 155 Å². The summed E-state index contributed by atoms with van der Waals surface area (Å²) >= 11 is 4.51. The van der Waals surface area contributed by atoms with Crippen LogP contribution in [0.25, 0.3) is 0 Å². The van der Waals surface area contributed by atoms with E-state index < -0.39 is 0 Å². The number of anilines is 4. The number of hydrogen-bond donors (Lipinski definition) is 4. The van der Waals surface area contributed by atoms with Crippen molar-refractivity contribution >= 4 is 79.7 Å². The third-order valence-electron chi connectivity index (χ3n) is 7.46. The molecule has 2 amide bonds. The van der Waals surface area contributed by atoms with Crippen molar-refractivity contribution in [1.29, 1.82) is 0 Å². The summed E-state index contributed by atoms with van der Waals surface area (Å²) in [7, 11) is 0. The van der Waals surface area contributed by atoms with E-state index in [-0.39, 0.29) is 11.8 Å². The molecule has 0 aliphatic rings. The lowest BCUT2D eigenvalue weighted by atomic mass is 10.1.